The molecule has 0 amide bonds. The third-order valence-corrected chi connectivity index (χ3v) is 3.11. The van der Waals surface area contributed by atoms with E-state index < -0.39 is 16.6 Å². The van der Waals surface area contributed by atoms with E-state index in [1.165, 1.54) is 17.4 Å². The monoisotopic (exact) mass is 279 g/mol. The first kappa shape index (κ1) is 13.0. The molecule has 1 aromatic heterocycles. The molecular formula is C12H9NO5S. The molecule has 98 valence electrons. The van der Waals surface area contributed by atoms with Gasteiger partial charge in [-0.25, -0.2) is 4.79 Å². The highest BCUT2D eigenvalue weighted by molar-refractivity contribution is 7.07. The molecule has 0 fully saturated rings. The van der Waals surface area contributed by atoms with E-state index in [9.17, 15) is 14.9 Å². The molecule has 0 unspecified atom stereocenters. The highest BCUT2D eigenvalue weighted by Gasteiger charge is 2.20. The van der Waals surface area contributed by atoms with Crippen LogP contribution in [0.5, 0.6) is 5.75 Å². The van der Waals surface area contributed by atoms with E-state index >= 15 is 0 Å². The first-order valence-electron chi connectivity index (χ1n) is 5.23. The summed E-state index contributed by atoms with van der Waals surface area (Å²) >= 11 is 1.53. The topological polar surface area (TPSA) is 89.7 Å². The first-order valence-corrected chi connectivity index (χ1v) is 6.18. The van der Waals surface area contributed by atoms with Crippen molar-refractivity contribution in [3.8, 4) is 5.75 Å². The number of carbonyl (C=O) groups is 1. The molecule has 0 aliphatic rings. The Hall–Kier alpha value is -2.41. The van der Waals surface area contributed by atoms with Gasteiger partial charge in [-0.15, -0.1) is 0 Å². The lowest BCUT2D eigenvalue weighted by molar-refractivity contribution is -0.385. The van der Waals surface area contributed by atoms with Gasteiger partial charge in [0.05, 0.1) is 4.92 Å². The summed E-state index contributed by atoms with van der Waals surface area (Å²) in [7, 11) is 0. The summed E-state index contributed by atoms with van der Waals surface area (Å²) in [6.45, 7) is 0.292. The average Bonchev–Trinajstić information content (AvgIpc) is 2.88. The Morgan fingerprint density at radius 1 is 1.42 bits per heavy atom. The van der Waals surface area contributed by atoms with E-state index in [-0.39, 0.29) is 11.3 Å². The van der Waals surface area contributed by atoms with Gasteiger partial charge in [-0.05, 0) is 28.5 Å². The van der Waals surface area contributed by atoms with Crippen molar-refractivity contribution < 1.29 is 19.6 Å². The summed E-state index contributed by atoms with van der Waals surface area (Å²) in [4.78, 5) is 20.9. The SMILES string of the molecule is O=C(O)c1cc(OCc2ccsc2)ccc1[N+](=O)[O-]. The molecule has 19 heavy (non-hydrogen) atoms. The fraction of sp³-hybridized carbons (Fsp3) is 0.0833. The zero-order valence-electron chi connectivity index (χ0n) is 9.61. The molecule has 0 atom stereocenters. The Balaban J connectivity index is 2.20. The Kier molecular flexibility index (Phi) is 3.76. The van der Waals surface area contributed by atoms with Crippen molar-refractivity contribution in [2.45, 2.75) is 6.61 Å². The second-order valence-electron chi connectivity index (χ2n) is 3.66. The van der Waals surface area contributed by atoms with Crippen LogP contribution >= 0.6 is 11.3 Å². The van der Waals surface area contributed by atoms with Gasteiger partial charge in [0.2, 0.25) is 0 Å². The van der Waals surface area contributed by atoms with E-state index in [0.29, 0.717) is 6.61 Å². The van der Waals surface area contributed by atoms with Crippen LogP contribution < -0.4 is 4.74 Å². The van der Waals surface area contributed by atoms with Gasteiger partial charge in [0.15, 0.2) is 0 Å². The number of carboxylic acids is 1. The molecule has 0 aliphatic carbocycles. The van der Waals surface area contributed by atoms with Crippen LogP contribution in [0.2, 0.25) is 0 Å². The molecular weight excluding hydrogens is 270 g/mol. The zero-order chi connectivity index (χ0) is 13.8. The number of nitrogens with zero attached hydrogens (tertiary/aromatic N) is 1. The molecule has 7 heteroatoms. The predicted octanol–water partition coefficient (Wildman–Crippen LogP) is 2.93. The molecule has 0 bridgehead atoms. The number of aromatic carboxylic acids is 1. The second-order valence-corrected chi connectivity index (χ2v) is 4.44. The highest BCUT2D eigenvalue weighted by atomic mass is 32.1. The predicted molar refractivity (Wildman–Crippen MR) is 68.7 cm³/mol. The number of hydrogen-bond acceptors (Lipinski definition) is 5. The van der Waals surface area contributed by atoms with Crippen LogP contribution in [0.4, 0.5) is 5.69 Å². The number of ether oxygens (including phenoxy) is 1. The lowest BCUT2D eigenvalue weighted by atomic mass is 10.1. The van der Waals surface area contributed by atoms with Gasteiger partial charge in [0.1, 0.15) is 17.9 Å². The third-order valence-electron chi connectivity index (χ3n) is 2.38. The fourth-order valence-corrected chi connectivity index (χ4v) is 2.13. The molecule has 0 radical (unpaired) electrons. The Labute approximate surface area is 112 Å². The molecule has 1 aromatic carbocycles. The maximum atomic E-state index is 11.0. The average molecular weight is 279 g/mol. The van der Waals surface area contributed by atoms with Gasteiger partial charge < -0.3 is 9.84 Å². The molecule has 2 rings (SSSR count). The maximum absolute atomic E-state index is 11.0. The molecule has 0 spiro atoms. The smallest absolute Gasteiger partial charge is 0.342 e. The number of nitro benzene ring substituents is 1. The van der Waals surface area contributed by atoms with Crippen LogP contribution in [-0.2, 0) is 6.61 Å². The largest absolute Gasteiger partial charge is 0.489 e. The van der Waals surface area contributed by atoms with Crippen molar-refractivity contribution in [1.82, 2.24) is 0 Å². The number of hydrogen-bond donors (Lipinski definition) is 1. The van der Waals surface area contributed by atoms with Crippen molar-refractivity contribution in [1.29, 1.82) is 0 Å². The minimum atomic E-state index is -1.35. The summed E-state index contributed by atoms with van der Waals surface area (Å²) in [5.41, 5.74) is 0.128. The molecule has 0 saturated carbocycles. The Morgan fingerprint density at radius 2 is 2.21 bits per heavy atom. The molecule has 1 N–H and O–H groups in total. The van der Waals surface area contributed by atoms with Crippen molar-refractivity contribution in [3.63, 3.8) is 0 Å². The van der Waals surface area contributed by atoms with Gasteiger partial charge in [0, 0.05) is 12.1 Å². The number of rotatable bonds is 5. The summed E-state index contributed by atoms with van der Waals surface area (Å²) < 4.78 is 5.40. The van der Waals surface area contributed by atoms with Crippen molar-refractivity contribution in [3.05, 3.63) is 56.3 Å². The first-order chi connectivity index (χ1) is 9.08. The van der Waals surface area contributed by atoms with Crippen molar-refractivity contribution in [2.24, 2.45) is 0 Å². The number of benzene rings is 1. The summed E-state index contributed by atoms with van der Waals surface area (Å²) in [6, 6.07) is 5.56. The van der Waals surface area contributed by atoms with E-state index in [1.807, 2.05) is 16.8 Å². The van der Waals surface area contributed by atoms with Crippen molar-refractivity contribution >= 4 is 23.0 Å². The van der Waals surface area contributed by atoms with Gasteiger partial charge >= 0.3 is 5.97 Å². The van der Waals surface area contributed by atoms with E-state index in [0.717, 1.165) is 17.7 Å². The highest BCUT2D eigenvalue weighted by Crippen LogP contribution is 2.24. The van der Waals surface area contributed by atoms with E-state index in [1.54, 1.807) is 0 Å². The number of thiophene rings is 1. The summed E-state index contributed by atoms with van der Waals surface area (Å²) in [5.74, 6) is -1.07. The molecule has 0 saturated heterocycles. The molecule has 2 aromatic rings. The van der Waals surface area contributed by atoms with Crippen LogP contribution in [0.1, 0.15) is 15.9 Å². The van der Waals surface area contributed by atoms with Gasteiger partial charge in [-0.2, -0.15) is 11.3 Å². The lowest BCUT2D eigenvalue weighted by Gasteiger charge is -2.06. The molecule has 6 nitrogen and oxygen atoms in total. The quantitative estimate of drug-likeness (QED) is 0.671. The number of carboxylic acid groups (broad SMARTS) is 1. The Morgan fingerprint density at radius 3 is 2.79 bits per heavy atom. The standard InChI is InChI=1S/C12H9NO5S/c14-12(15)10-5-9(1-2-11(10)13(16)17)18-6-8-3-4-19-7-8/h1-5,7H,6H2,(H,14,15). The normalized spacial score (nSPS) is 10.1. The summed E-state index contributed by atoms with van der Waals surface area (Å²) in [5, 5.41) is 23.4. The zero-order valence-corrected chi connectivity index (χ0v) is 10.4. The second kappa shape index (κ2) is 5.49. The maximum Gasteiger partial charge on any atom is 0.342 e. The molecule has 0 aliphatic heterocycles. The molecule has 1 heterocycles. The van der Waals surface area contributed by atoms with Gasteiger partial charge in [-0.3, -0.25) is 10.1 Å². The minimum absolute atomic E-state index is 0.286. The number of nitro groups is 1. The Bertz CT molecular complexity index is 609. The third kappa shape index (κ3) is 3.08. The van der Waals surface area contributed by atoms with Crippen LogP contribution in [0.3, 0.4) is 0 Å². The van der Waals surface area contributed by atoms with Crippen LogP contribution in [0.25, 0.3) is 0 Å². The van der Waals surface area contributed by atoms with Gasteiger partial charge in [-0.1, -0.05) is 0 Å². The van der Waals surface area contributed by atoms with Crippen LogP contribution in [-0.4, -0.2) is 16.0 Å². The lowest BCUT2D eigenvalue weighted by Crippen LogP contribution is -2.03. The van der Waals surface area contributed by atoms with E-state index in [4.69, 9.17) is 9.84 Å². The minimum Gasteiger partial charge on any atom is -0.489 e. The van der Waals surface area contributed by atoms with E-state index in [2.05, 4.69) is 0 Å². The fourth-order valence-electron chi connectivity index (χ4n) is 1.48. The van der Waals surface area contributed by atoms with Crippen LogP contribution in [0.15, 0.2) is 35.0 Å². The van der Waals surface area contributed by atoms with Gasteiger partial charge in [0.25, 0.3) is 5.69 Å². The summed E-state index contributed by atoms with van der Waals surface area (Å²) in [6.07, 6.45) is 0. The van der Waals surface area contributed by atoms with Crippen LogP contribution in [0, 0.1) is 10.1 Å². The van der Waals surface area contributed by atoms with Crippen molar-refractivity contribution in [2.75, 3.05) is 0 Å².